The number of carbonyl (C=O) groups is 1. The van der Waals surface area contributed by atoms with Crippen LogP contribution >= 0.6 is 0 Å². The SMILES string of the molecule is CC(=O)N(C[Si](C)(F)F)[C@@H](C)c1ccccc1. The Morgan fingerprint density at radius 2 is 1.88 bits per heavy atom. The minimum atomic E-state index is -4.27. The smallest absolute Gasteiger partial charge is 0.334 e. The Morgan fingerprint density at radius 1 is 1.35 bits per heavy atom. The van der Waals surface area contributed by atoms with Gasteiger partial charge in [-0.25, -0.2) is 0 Å². The number of halogens is 2. The summed E-state index contributed by atoms with van der Waals surface area (Å²) < 4.78 is 26.3. The van der Waals surface area contributed by atoms with Crippen LogP contribution in [0.1, 0.15) is 25.5 Å². The van der Waals surface area contributed by atoms with E-state index < -0.39 is 14.9 Å². The van der Waals surface area contributed by atoms with E-state index in [4.69, 9.17) is 0 Å². The minimum absolute atomic E-state index is 0.310. The number of carbonyl (C=O) groups excluding carboxylic acids is 1. The van der Waals surface area contributed by atoms with E-state index >= 15 is 0 Å². The molecule has 0 saturated carbocycles. The molecule has 1 aromatic rings. The van der Waals surface area contributed by atoms with Crippen LogP contribution in [0, 0.1) is 0 Å². The zero-order chi connectivity index (χ0) is 13.1. The Bertz CT molecular complexity index is 378. The average molecular weight is 257 g/mol. The van der Waals surface area contributed by atoms with Gasteiger partial charge in [0, 0.05) is 6.92 Å². The first-order valence-electron chi connectivity index (χ1n) is 5.51. The van der Waals surface area contributed by atoms with Gasteiger partial charge in [-0.1, -0.05) is 30.3 Å². The average Bonchev–Trinajstić information content (AvgIpc) is 2.25. The van der Waals surface area contributed by atoms with Gasteiger partial charge in [-0.2, -0.15) is 0 Å². The summed E-state index contributed by atoms with van der Waals surface area (Å²) in [4.78, 5) is 12.7. The predicted molar refractivity (Wildman–Crippen MR) is 66.1 cm³/mol. The molecule has 0 unspecified atom stereocenters. The monoisotopic (exact) mass is 257 g/mol. The number of benzene rings is 1. The molecule has 1 aromatic carbocycles. The quantitative estimate of drug-likeness (QED) is 0.599. The molecule has 0 fully saturated rings. The predicted octanol–water partition coefficient (Wildman–Crippen LogP) is 3.15. The van der Waals surface area contributed by atoms with Crippen LogP contribution < -0.4 is 0 Å². The molecule has 5 heteroatoms. The number of hydrogen-bond acceptors (Lipinski definition) is 1. The topological polar surface area (TPSA) is 20.3 Å². The van der Waals surface area contributed by atoms with Crippen molar-refractivity contribution >= 4 is 14.6 Å². The fourth-order valence-corrected chi connectivity index (χ4v) is 2.83. The van der Waals surface area contributed by atoms with Crippen LogP contribution in [0.25, 0.3) is 0 Å². The van der Waals surface area contributed by atoms with Crippen LogP contribution in [0.15, 0.2) is 30.3 Å². The molecule has 94 valence electrons. The summed E-state index contributed by atoms with van der Waals surface area (Å²) in [6.07, 6.45) is -0.418. The van der Waals surface area contributed by atoms with Crippen molar-refractivity contribution in [2.24, 2.45) is 0 Å². The summed E-state index contributed by atoms with van der Waals surface area (Å²) >= 11 is 0. The van der Waals surface area contributed by atoms with Crippen molar-refractivity contribution in [2.45, 2.75) is 26.4 Å². The molecule has 0 heterocycles. The molecule has 1 amide bonds. The van der Waals surface area contributed by atoms with Gasteiger partial charge in [-0.05, 0) is 19.0 Å². The van der Waals surface area contributed by atoms with Crippen molar-refractivity contribution in [3.05, 3.63) is 35.9 Å². The van der Waals surface area contributed by atoms with Crippen LogP contribution in [-0.4, -0.2) is 25.7 Å². The van der Waals surface area contributed by atoms with Crippen LogP contribution in [0.3, 0.4) is 0 Å². The fourth-order valence-electron chi connectivity index (χ4n) is 1.73. The van der Waals surface area contributed by atoms with Crippen molar-refractivity contribution in [3.63, 3.8) is 0 Å². The fraction of sp³-hybridized carbons (Fsp3) is 0.417. The van der Waals surface area contributed by atoms with Gasteiger partial charge >= 0.3 is 8.74 Å². The second-order valence-corrected chi connectivity index (χ2v) is 6.76. The van der Waals surface area contributed by atoms with E-state index in [-0.39, 0.29) is 11.9 Å². The molecule has 0 aliphatic carbocycles. The van der Waals surface area contributed by atoms with Crippen molar-refractivity contribution < 1.29 is 13.0 Å². The van der Waals surface area contributed by atoms with Gasteiger partial charge in [0.25, 0.3) is 0 Å². The molecule has 0 bridgehead atoms. The van der Waals surface area contributed by atoms with E-state index in [2.05, 4.69) is 0 Å². The second-order valence-electron chi connectivity index (χ2n) is 4.30. The maximum absolute atomic E-state index is 13.2. The van der Waals surface area contributed by atoms with Crippen molar-refractivity contribution in [3.8, 4) is 0 Å². The summed E-state index contributed by atoms with van der Waals surface area (Å²) in [6.45, 7) is 4.07. The number of nitrogens with zero attached hydrogens (tertiary/aromatic N) is 1. The van der Waals surface area contributed by atoms with E-state index in [1.165, 1.54) is 11.8 Å². The van der Waals surface area contributed by atoms with Gasteiger partial charge in [0.15, 0.2) is 0 Å². The molecule has 0 radical (unpaired) electrons. The number of amides is 1. The third-order valence-electron chi connectivity index (χ3n) is 2.60. The molecule has 1 atom stereocenters. The molecule has 17 heavy (non-hydrogen) atoms. The van der Waals surface area contributed by atoms with Crippen LogP contribution in [-0.2, 0) is 4.79 Å². The molecule has 1 rings (SSSR count). The maximum atomic E-state index is 13.2. The molecule has 2 nitrogen and oxygen atoms in total. The van der Waals surface area contributed by atoms with Crippen LogP contribution in [0.5, 0.6) is 0 Å². The maximum Gasteiger partial charge on any atom is 0.440 e. The standard InChI is InChI=1S/C12H17F2NOSi/c1-10(12-7-5-4-6-8-12)15(11(2)16)9-17(3,13)14/h4-8,10H,9H2,1-3H3/t10-/m0/s1. The number of rotatable bonds is 4. The molecule has 0 saturated heterocycles. The highest BCUT2D eigenvalue weighted by Gasteiger charge is 2.34. The molecule has 0 aromatic heterocycles. The minimum Gasteiger partial charge on any atom is -0.334 e. The van der Waals surface area contributed by atoms with Gasteiger partial charge in [0.2, 0.25) is 5.91 Å². The van der Waals surface area contributed by atoms with E-state index in [1.807, 2.05) is 30.3 Å². The lowest BCUT2D eigenvalue weighted by molar-refractivity contribution is -0.130. The van der Waals surface area contributed by atoms with Gasteiger partial charge < -0.3 is 4.90 Å². The Balaban J connectivity index is 2.89. The van der Waals surface area contributed by atoms with Crippen LogP contribution in [0.4, 0.5) is 8.22 Å². The van der Waals surface area contributed by atoms with Crippen LogP contribution in [0.2, 0.25) is 6.55 Å². The highest BCUT2D eigenvalue weighted by atomic mass is 28.4. The van der Waals surface area contributed by atoms with Gasteiger partial charge in [-0.3, -0.25) is 13.0 Å². The summed E-state index contributed by atoms with van der Waals surface area (Å²) in [6, 6.07) is 8.91. The lowest BCUT2D eigenvalue weighted by atomic mass is 10.1. The normalized spacial score (nSPS) is 13.2. The third kappa shape index (κ3) is 4.26. The highest BCUT2D eigenvalue weighted by molar-refractivity contribution is 6.65. The number of hydrogen-bond donors (Lipinski definition) is 0. The zero-order valence-electron chi connectivity index (χ0n) is 10.3. The van der Waals surface area contributed by atoms with Gasteiger partial charge in [0.1, 0.15) is 0 Å². The summed E-state index contributed by atoms with van der Waals surface area (Å²) in [5.41, 5.74) is 0.876. The first-order valence-corrected chi connectivity index (χ1v) is 7.97. The summed E-state index contributed by atoms with van der Waals surface area (Å²) in [5.74, 6) is -0.310. The molecule has 0 N–H and O–H groups in total. The molecule has 0 spiro atoms. The van der Waals surface area contributed by atoms with Crippen molar-refractivity contribution in [1.29, 1.82) is 0 Å². The Labute approximate surface area is 102 Å². The zero-order valence-corrected chi connectivity index (χ0v) is 11.3. The molecular weight excluding hydrogens is 240 g/mol. The summed E-state index contributed by atoms with van der Waals surface area (Å²) in [7, 11) is -4.27. The van der Waals surface area contributed by atoms with E-state index in [9.17, 15) is 13.0 Å². The van der Waals surface area contributed by atoms with E-state index in [0.29, 0.717) is 0 Å². The first kappa shape index (κ1) is 13.8. The van der Waals surface area contributed by atoms with E-state index in [1.54, 1.807) is 6.92 Å². The van der Waals surface area contributed by atoms with Crippen molar-refractivity contribution in [1.82, 2.24) is 4.90 Å². The lowest BCUT2D eigenvalue weighted by Crippen LogP contribution is -2.42. The lowest BCUT2D eigenvalue weighted by Gasteiger charge is -2.29. The van der Waals surface area contributed by atoms with Gasteiger partial charge in [0.05, 0.1) is 12.2 Å². The van der Waals surface area contributed by atoms with Crippen molar-refractivity contribution in [2.75, 3.05) is 6.17 Å². The Kier molecular flexibility index (Phi) is 4.39. The highest BCUT2D eigenvalue weighted by Crippen LogP contribution is 2.22. The third-order valence-corrected chi connectivity index (χ3v) is 3.50. The molecular formula is C12H17F2NOSi. The molecule has 0 aliphatic heterocycles. The first-order chi connectivity index (χ1) is 7.81. The Morgan fingerprint density at radius 3 is 2.29 bits per heavy atom. The largest absolute Gasteiger partial charge is 0.440 e. The molecule has 0 aliphatic rings. The Hall–Kier alpha value is -1.23. The van der Waals surface area contributed by atoms with E-state index in [0.717, 1.165) is 12.1 Å². The second kappa shape index (κ2) is 5.40. The van der Waals surface area contributed by atoms with Gasteiger partial charge in [-0.15, -0.1) is 0 Å². The summed E-state index contributed by atoms with van der Waals surface area (Å²) in [5, 5.41) is 0.